The quantitative estimate of drug-likeness (QED) is 0.118. The van der Waals surface area contributed by atoms with Crippen LogP contribution in [0.3, 0.4) is 0 Å². The normalized spacial score (nSPS) is 32.8. The lowest BCUT2D eigenvalue weighted by atomic mass is 10.0. The van der Waals surface area contributed by atoms with Gasteiger partial charge >= 0.3 is 10.4 Å². The van der Waals surface area contributed by atoms with Crippen LogP contribution in [0.2, 0.25) is 0 Å². The fourth-order valence-electron chi connectivity index (χ4n) is 2.62. The standard InChI is InChI=1S/C12H24O12S2/c13-1-5(15)10(19)11(20)12(24-26(21,22)23)7(17)4-25-3-6(16)9(18)8(25)2-14/h5-20H,1-4H2/p+1/t5?,6-,7?,8-,9+,10?,11?,12?,25?/m1/s1. The molecule has 0 aliphatic carbocycles. The first-order chi connectivity index (χ1) is 11.9. The molecule has 0 radical (unpaired) electrons. The van der Waals surface area contributed by atoms with Gasteiger partial charge in [-0.25, -0.2) is 4.18 Å². The molecule has 1 aliphatic rings. The highest BCUT2D eigenvalue weighted by molar-refractivity contribution is 7.97. The van der Waals surface area contributed by atoms with Crippen LogP contribution in [0.1, 0.15) is 0 Å². The van der Waals surface area contributed by atoms with Crippen LogP contribution in [-0.2, 0) is 25.5 Å². The molecule has 9 atom stereocenters. The maximum atomic E-state index is 11.0. The molecule has 12 nitrogen and oxygen atoms in total. The van der Waals surface area contributed by atoms with Crippen LogP contribution in [0, 0.1) is 0 Å². The molecule has 0 spiro atoms. The van der Waals surface area contributed by atoms with Crippen molar-refractivity contribution in [1.29, 1.82) is 0 Å². The van der Waals surface area contributed by atoms with E-state index in [1.54, 1.807) is 0 Å². The van der Waals surface area contributed by atoms with E-state index in [2.05, 4.69) is 4.18 Å². The van der Waals surface area contributed by atoms with Crippen molar-refractivity contribution in [2.45, 2.75) is 48.0 Å². The Labute approximate surface area is 152 Å². The zero-order valence-corrected chi connectivity index (χ0v) is 15.1. The molecular weight excluding hydrogens is 400 g/mol. The zero-order valence-electron chi connectivity index (χ0n) is 13.5. The molecular formula is C12H25O12S2+. The zero-order chi connectivity index (χ0) is 20.2. The van der Waals surface area contributed by atoms with E-state index < -0.39 is 82.5 Å². The van der Waals surface area contributed by atoms with Crippen molar-refractivity contribution in [3.8, 4) is 0 Å². The molecule has 1 heterocycles. The highest BCUT2D eigenvalue weighted by atomic mass is 32.3. The monoisotopic (exact) mass is 425 g/mol. The van der Waals surface area contributed by atoms with Crippen molar-refractivity contribution >= 4 is 21.3 Å². The van der Waals surface area contributed by atoms with E-state index in [0.29, 0.717) is 0 Å². The average Bonchev–Trinajstić information content (AvgIpc) is 2.82. The Kier molecular flexibility index (Phi) is 9.12. The predicted molar refractivity (Wildman–Crippen MR) is 87.5 cm³/mol. The highest BCUT2D eigenvalue weighted by Gasteiger charge is 2.52. The Balaban J connectivity index is 2.95. The molecule has 0 aromatic carbocycles. The number of rotatable bonds is 10. The minimum absolute atomic E-state index is 0.0139. The smallest absolute Gasteiger partial charge is 0.394 e. The molecule has 6 unspecified atom stereocenters. The maximum absolute atomic E-state index is 11.0. The molecule has 1 saturated heterocycles. The van der Waals surface area contributed by atoms with E-state index in [0.717, 1.165) is 0 Å². The van der Waals surface area contributed by atoms with Gasteiger partial charge in [-0.15, -0.1) is 0 Å². The first-order valence-corrected chi connectivity index (χ1v) is 10.5. The third-order valence-corrected chi connectivity index (χ3v) is 7.32. The van der Waals surface area contributed by atoms with Crippen LogP contribution in [0.5, 0.6) is 0 Å². The Hall–Kier alpha value is -0.100. The fraction of sp³-hybridized carbons (Fsp3) is 1.00. The van der Waals surface area contributed by atoms with Crippen LogP contribution in [-0.4, -0.2) is 127 Å². The van der Waals surface area contributed by atoms with Gasteiger partial charge in [-0.3, -0.25) is 4.55 Å². The Bertz CT molecular complexity index is 530. The van der Waals surface area contributed by atoms with E-state index in [1.807, 2.05) is 0 Å². The highest BCUT2D eigenvalue weighted by Crippen LogP contribution is 2.26. The molecule has 0 saturated carbocycles. The second-order valence-corrected chi connectivity index (χ2v) is 9.33. The third kappa shape index (κ3) is 6.22. The summed E-state index contributed by atoms with van der Waals surface area (Å²) >= 11 is 0. The topological polar surface area (TPSA) is 225 Å². The largest absolute Gasteiger partial charge is 0.397 e. The van der Waals surface area contributed by atoms with Crippen LogP contribution >= 0.6 is 0 Å². The molecule has 0 bridgehead atoms. The number of hydrogen-bond donors (Lipinski definition) is 9. The molecule has 0 aromatic heterocycles. The summed E-state index contributed by atoms with van der Waals surface area (Å²) in [6.07, 6.45) is -12.6. The minimum Gasteiger partial charge on any atom is -0.394 e. The van der Waals surface area contributed by atoms with Gasteiger partial charge in [-0.1, -0.05) is 0 Å². The summed E-state index contributed by atoms with van der Waals surface area (Å²) in [5, 5.41) is 76.0. The lowest BCUT2D eigenvalue weighted by molar-refractivity contribution is -0.129. The average molecular weight is 425 g/mol. The van der Waals surface area contributed by atoms with Crippen LogP contribution < -0.4 is 0 Å². The third-order valence-electron chi connectivity index (χ3n) is 4.03. The summed E-state index contributed by atoms with van der Waals surface area (Å²) < 4.78 is 35.0. The van der Waals surface area contributed by atoms with Gasteiger partial charge in [0.1, 0.15) is 54.2 Å². The Morgan fingerprint density at radius 2 is 1.62 bits per heavy atom. The lowest BCUT2D eigenvalue weighted by Gasteiger charge is -2.30. The van der Waals surface area contributed by atoms with Crippen molar-refractivity contribution in [1.82, 2.24) is 0 Å². The summed E-state index contributed by atoms with van der Waals surface area (Å²) in [5.74, 6) is -0.363. The van der Waals surface area contributed by atoms with Crippen molar-refractivity contribution in [3.63, 3.8) is 0 Å². The number of aliphatic hydroxyl groups excluding tert-OH is 8. The minimum atomic E-state index is -5.17. The molecule has 1 fully saturated rings. The summed E-state index contributed by atoms with van der Waals surface area (Å²) in [7, 11) is -6.18. The summed E-state index contributed by atoms with van der Waals surface area (Å²) in [6.45, 7) is -1.51. The van der Waals surface area contributed by atoms with Crippen LogP contribution in [0.25, 0.3) is 0 Å². The second kappa shape index (κ2) is 9.90. The van der Waals surface area contributed by atoms with Crippen LogP contribution in [0.4, 0.5) is 0 Å². The van der Waals surface area contributed by atoms with E-state index >= 15 is 0 Å². The SMILES string of the molecule is O=S(=O)(O)OC(C(O)C[S+]1C[C@@H](O)[C@H](O)[C@H]1CO)C(O)C(O)C(O)CO. The van der Waals surface area contributed by atoms with Crippen molar-refractivity contribution < 1.29 is 58.0 Å². The van der Waals surface area contributed by atoms with Crippen LogP contribution in [0.15, 0.2) is 0 Å². The van der Waals surface area contributed by atoms with Gasteiger partial charge in [-0.05, 0) is 0 Å². The molecule has 0 aromatic rings. The van der Waals surface area contributed by atoms with Gasteiger partial charge in [0.25, 0.3) is 0 Å². The van der Waals surface area contributed by atoms with Gasteiger partial charge in [0.2, 0.25) is 0 Å². The van der Waals surface area contributed by atoms with Gasteiger partial charge in [0.05, 0.1) is 13.2 Å². The van der Waals surface area contributed by atoms with Gasteiger partial charge in [-0.2, -0.15) is 8.42 Å². The summed E-state index contributed by atoms with van der Waals surface area (Å²) in [6, 6.07) is 0. The molecule has 9 N–H and O–H groups in total. The molecule has 26 heavy (non-hydrogen) atoms. The van der Waals surface area contributed by atoms with E-state index in [1.165, 1.54) is 0 Å². The van der Waals surface area contributed by atoms with Crippen molar-refractivity contribution in [2.75, 3.05) is 24.7 Å². The summed E-state index contributed by atoms with van der Waals surface area (Å²) in [4.78, 5) is 0. The van der Waals surface area contributed by atoms with E-state index in [9.17, 15) is 44.2 Å². The molecule has 1 rings (SSSR count). The Morgan fingerprint density at radius 3 is 2.08 bits per heavy atom. The van der Waals surface area contributed by atoms with E-state index in [4.69, 9.17) is 9.66 Å². The van der Waals surface area contributed by atoms with E-state index in [-0.39, 0.29) is 11.5 Å². The van der Waals surface area contributed by atoms with Gasteiger partial charge < -0.3 is 40.9 Å². The maximum Gasteiger partial charge on any atom is 0.397 e. The second-order valence-electron chi connectivity index (χ2n) is 5.94. The summed E-state index contributed by atoms with van der Waals surface area (Å²) in [5.41, 5.74) is 0. The molecule has 156 valence electrons. The van der Waals surface area contributed by atoms with Gasteiger partial charge in [0.15, 0.2) is 5.25 Å². The Morgan fingerprint density at radius 1 is 1.04 bits per heavy atom. The van der Waals surface area contributed by atoms with Crippen molar-refractivity contribution in [3.05, 3.63) is 0 Å². The van der Waals surface area contributed by atoms with Gasteiger partial charge in [0, 0.05) is 10.9 Å². The predicted octanol–water partition coefficient (Wildman–Crippen LogP) is -5.68. The first kappa shape index (κ1) is 23.9. The molecule has 1 aliphatic heterocycles. The lowest BCUT2D eigenvalue weighted by Crippen LogP contribution is -2.53. The molecule has 0 amide bonds. The fourth-order valence-corrected chi connectivity index (χ4v) is 5.83. The number of hydrogen-bond acceptors (Lipinski definition) is 11. The number of aliphatic hydroxyl groups is 8. The van der Waals surface area contributed by atoms with Crippen molar-refractivity contribution in [2.24, 2.45) is 0 Å². The molecule has 14 heteroatoms. The first-order valence-electron chi connectivity index (χ1n) is 7.55.